The van der Waals surface area contributed by atoms with Gasteiger partial charge in [0.15, 0.2) is 0 Å². The van der Waals surface area contributed by atoms with E-state index in [0.29, 0.717) is 6.61 Å². The van der Waals surface area contributed by atoms with E-state index in [4.69, 9.17) is 10.6 Å². The van der Waals surface area contributed by atoms with Gasteiger partial charge in [0.25, 0.3) is 0 Å². The molecule has 0 amide bonds. The number of hydrogen-bond donors (Lipinski definition) is 2. The first-order valence-corrected chi connectivity index (χ1v) is 7.35. The third kappa shape index (κ3) is 2.92. The van der Waals surface area contributed by atoms with E-state index in [-0.39, 0.29) is 6.04 Å². The second-order valence-electron chi connectivity index (χ2n) is 3.74. The molecule has 0 aliphatic heterocycles. The fourth-order valence-corrected chi connectivity index (χ4v) is 3.33. The van der Waals surface area contributed by atoms with Gasteiger partial charge in [-0.3, -0.25) is 5.84 Å². The highest BCUT2D eigenvalue weighted by molar-refractivity contribution is 9.10. The maximum absolute atomic E-state index is 5.70. The van der Waals surface area contributed by atoms with Gasteiger partial charge in [-0.1, -0.05) is 18.2 Å². The topological polar surface area (TPSA) is 47.3 Å². The Kier molecular flexibility index (Phi) is 4.77. The zero-order valence-electron chi connectivity index (χ0n) is 10.0. The Bertz CT molecular complexity index is 515. The summed E-state index contributed by atoms with van der Waals surface area (Å²) < 4.78 is 6.71. The number of ether oxygens (including phenoxy) is 1. The predicted molar refractivity (Wildman–Crippen MR) is 78.8 cm³/mol. The zero-order chi connectivity index (χ0) is 13.0. The molecule has 3 nitrogen and oxygen atoms in total. The Morgan fingerprint density at radius 3 is 2.83 bits per heavy atom. The van der Waals surface area contributed by atoms with Crippen molar-refractivity contribution in [2.75, 3.05) is 6.61 Å². The number of thiophene rings is 1. The summed E-state index contributed by atoms with van der Waals surface area (Å²) >= 11 is 5.12. The summed E-state index contributed by atoms with van der Waals surface area (Å²) in [5, 5.41) is 2.04. The Morgan fingerprint density at radius 1 is 1.44 bits per heavy atom. The first kappa shape index (κ1) is 13.5. The normalized spacial score (nSPS) is 12.4. The molecule has 0 saturated heterocycles. The van der Waals surface area contributed by atoms with Gasteiger partial charge in [0.2, 0.25) is 0 Å². The largest absolute Gasteiger partial charge is 0.494 e. The molecule has 2 rings (SSSR count). The highest BCUT2D eigenvalue weighted by Crippen LogP contribution is 2.34. The number of benzene rings is 1. The summed E-state index contributed by atoms with van der Waals surface area (Å²) in [7, 11) is 0. The van der Waals surface area contributed by atoms with Crippen LogP contribution in [-0.2, 0) is 0 Å². The van der Waals surface area contributed by atoms with Crippen LogP contribution in [-0.4, -0.2) is 6.61 Å². The van der Waals surface area contributed by atoms with Crippen molar-refractivity contribution in [2.45, 2.75) is 13.0 Å². The predicted octanol–water partition coefficient (Wildman–Crippen LogP) is 3.46. The second kappa shape index (κ2) is 6.33. The number of nitrogens with one attached hydrogen (secondary N) is 1. The number of hydrogen-bond acceptors (Lipinski definition) is 4. The molecule has 1 aromatic carbocycles. The molecule has 2 aromatic rings. The molecule has 3 N–H and O–H groups in total. The first-order chi connectivity index (χ1) is 8.76. The summed E-state index contributed by atoms with van der Waals surface area (Å²) in [6.07, 6.45) is 0. The molecule has 0 spiro atoms. The summed E-state index contributed by atoms with van der Waals surface area (Å²) in [5.74, 6) is 6.56. The summed E-state index contributed by atoms with van der Waals surface area (Å²) in [5.41, 5.74) is 3.91. The van der Waals surface area contributed by atoms with Crippen molar-refractivity contribution >= 4 is 27.3 Å². The van der Waals surface area contributed by atoms with E-state index in [0.717, 1.165) is 20.7 Å². The third-order valence-electron chi connectivity index (χ3n) is 2.57. The number of nitrogens with two attached hydrogens (primary N) is 1. The lowest BCUT2D eigenvalue weighted by Crippen LogP contribution is -2.28. The van der Waals surface area contributed by atoms with E-state index >= 15 is 0 Å². The summed E-state index contributed by atoms with van der Waals surface area (Å²) in [6.45, 7) is 2.62. The van der Waals surface area contributed by atoms with Crippen molar-refractivity contribution in [3.05, 3.63) is 50.6 Å². The minimum atomic E-state index is -0.0518. The third-order valence-corrected chi connectivity index (χ3v) is 4.33. The smallest absolute Gasteiger partial charge is 0.124 e. The van der Waals surface area contributed by atoms with Gasteiger partial charge in [-0.2, -0.15) is 0 Å². The standard InChI is InChI=1S/C13H15BrN2OS/c1-2-17-11-6-4-3-5-10(11)13(16-15)12-7-9(14)8-18-12/h3-8,13,16H,2,15H2,1H3. The van der Waals surface area contributed by atoms with E-state index in [9.17, 15) is 0 Å². The molecule has 0 radical (unpaired) electrons. The minimum Gasteiger partial charge on any atom is -0.494 e. The van der Waals surface area contributed by atoms with Crippen LogP contribution in [0.5, 0.6) is 5.75 Å². The van der Waals surface area contributed by atoms with Crippen LogP contribution in [0.1, 0.15) is 23.4 Å². The Balaban J connectivity index is 2.38. The molecule has 96 valence electrons. The molecule has 0 fully saturated rings. The average molecular weight is 327 g/mol. The maximum Gasteiger partial charge on any atom is 0.124 e. The van der Waals surface area contributed by atoms with Crippen LogP contribution < -0.4 is 16.0 Å². The van der Waals surface area contributed by atoms with Gasteiger partial charge in [0.1, 0.15) is 5.75 Å². The van der Waals surface area contributed by atoms with E-state index in [1.165, 1.54) is 0 Å². The fourth-order valence-electron chi connectivity index (χ4n) is 1.81. The maximum atomic E-state index is 5.70. The van der Waals surface area contributed by atoms with Gasteiger partial charge in [-0.15, -0.1) is 11.3 Å². The van der Waals surface area contributed by atoms with Crippen LogP contribution in [0.15, 0.2) is 40.2 Å². The Morgan fingerprint density at radius 2 is 2.22 bits per heavy atom. The fraction of sp³-hybridized carbons (Fsp3) is 0.231. The van der Waals surface area contributed by atoms with Gasteiger partial charge in [-0.25, -0.2) is 5.43 Å². The highest BCUT2D eigenvalue weighted by Gasteiger charge is 2.18. The molecule has 0 aliphatic rings. The first-order valence-electron chi connectivity index (χ1n) is 5.68. The molecule has 1 aromatic heterocycles. The van der Waals surface area contributed by atoms with Crippen LogP contribution in [0.25, 0.3) is 0 Å². The van der Waals surface area contributed by atoms with Crippen molar-refractivity contribution in [1.82, 2.24) is 5.43 Å². The lowest BCUT2D eigenvalue weighted by molar-refractivity contribution is 0.334. The Hall–Kier alpha value is -0.880. The van der Waals surface area contributed by atoms with Crippen LogP contribution in [0.3, 0.4) is 0 Å². The van der Waals surface area contributed by atoms with Crippen molar-refractivity contribution in [3.8, 4) is 5.75 Å². The Labute approximate surface area is 119 Å². The van der Waals surface area contributed by atoms with Gasteiger partial charge in [0, 0.05) is 20.3 Å². The number of halogens is 1. The highest BCUT2D eigenvalue weighted by atomic mass is 79.9. The number of para-hydroxylation sites is 1. The van der Waals surface area contributed by atoms with Crippen LogP contribution >= 0.6 is 27.3 Å². The minimum absolute atomic E-state index is 0.0518. The van der Waals surface area contributed by atoms with E-state index < -0.39 is 0 Å². The average Bonchev–Trinajstić information content (AvgIpc) is 2.79. The van der Waals surface area contributed by atoms with E-state index in [2.05, 4.69) is 27.4 Å². The number of rotatable bonds is 5. The van der Waals surface area contributed by atoms with Gasteiger partial charge >= 0.3 is 0 Å². The molecule has 0 bridgehead atoms. The molecular weight excluding hydrogens is 312 g/mol. The van der Waals surface area contributed by atoms with Gasteiger partial charge < -0.3 is 4.74 Å². The molecule has 1 atom stereocenters. The quantitative estimate of drug-likeness (QED) is 0.653. The van der Waals surface area contributed by atoms with Crippen molar-refractivity contribution in [2.24, 2.45) is 5.84 Å². The molecule has 18 heavy (non-hydrogen) atoms. The van der Waals surface area contributed by atoms with Crippen molar-refractivity contribution in [3.63, 3.8) is 0 Å². The van der Waals surface area contributed by atoms with Gasteiger partial charge in [0.05, 0.1) is 12.6 Å². The van der Waals surface area contributed by atoms with Crippen LogP contribution in [0.4, 0.5) is 0 Å². The van der Waals surface area contributed by atoms with Crippen LogP contribution in [0, 0.1) is 0 Å². The monoisotopic (exact) mass is 326 g/mol. The lowest BCUT2D eigenvalue weighted by atomic mass is 10.0. The summed E-state index contributed by atoms with van der Waals surface area (Å²) in [6, 6.07) is 9.97. The number of hydrazine groups is 1. The molecule has 1 heterocycles. The van der Waals surface area contributed by atoms with Crippen molar-refractivity contribution < 1.29 is 4.74 Å². The van der Waals surface area contributed by atoms with E-state index in [1.54, 1.807) is 11.3 Å². The SMILES string of the molecule is CCOc1ccccc1C(NN)c1cc(Br)cs1. The molecule has 1 unspecified atom stereocenters. The van der Waals surface area contributed by atoms with Gasteiger partial charge in [-0.05, 0) is 35.0 Å². The molecule has 0 aliphatic carbocycles. The van der Waals surface area contributed by atoms with Crippen LogP contribution in [0.2, 0.25) is 0 Å². The molecule has 0 saturated carbocycles. The molecule has 5 heteroatoms. The van der Waals surface area contributed by atoms with E-state index in [1.807, 2.05) is 36.6 Å². The lowest BCUT2D eigenvalue weighted by Gasteiger charge is -2.18. The molecular formula is C13H15BrN2OS. The zero-order valence-corrected chi connectivity index (χ0v) is 12.4. The second-order valence-corrected chi connectivity index (χ2v) is 5.60. The van der Waals surface area contributed by atoms with Crippen molar-refractivity contribution in [1.29, 1.82) is 0 Å². The summed E-state index contributed by atoms with van der Waals surface area (Å²) in [4.78, 5) is 1.15.